The van der Waals surface area contributed by atoms with E-state index in [-0.39, 0.29) is 1.43 Å². The first-order chi connectivity index (χ1) is 4.30. The molecule has 0 amide bonds. The van der Waals surface area contributed by atoms with E-state index in [1.54, 1.807) is 3.58 Å². The van der Waals surface area contributed by atoms with Crippen molar-refractivity contribution in [1.29, 1.82) is 0 Å². The van der Waals surface area contributed by atoms with Crippen LogP contribution in [0.4, 0.5) is 0 Å². The van der Waals surface area contributed by atoms with Crippen LogP contribution in [0, 0.1) is 0 Å². The zero-order valence-corrected chi connectivity index (χ0v) is 8.74. The first-order valence-corrected chi connectivity index (χ1v) is 10.3. The molecule has 9 heavy (non-hydrogen) atoms. The molecular formula is C8H12Sn-. The van der Waals surface area contributed by atoms with Gasteiger partial charge in [0, 0.05) is 0 Å². The Morgan fingerprint density at radius 3 is 2.00 bits per heavy atom. The van der Waals surface area contributed by atoms with Gasteiger partial charge in [0.2, 0.25) is 0 Å². The van der Waals surface area contributed by atoms with Crippen LogP contribution in [0.5, 0.6) is 0 Å². The largest absolute Gasteiger partial charge is 1.00 e. The third-order valence-electron chi connectivity index (χ3n) is 1.35. The van der Waals surface area contributed by atoms with Crippen molar-refractivity contribution in [2.45, 2.75) is 9.88 Å². The summed E-state index contributed by atoms with van der Waals surface area (Å²) in [5.74, 6) is 0. The summed E-state index contributed by atoms with van der Waals surface area (Å²) in [5.41, 5.74) is 0. The quantitative estimate of drug-likeness (QED) is 0.641. The molecule has 1 aromatic rings. The van der Waals surface area contributed by atoms with Crippen LogP contribution < -0.4 is 3.58 Å². The molecule has 0 fully saturated rings. The molecule has 0 bridgehead atoms. The van der Waals surface area contributed by atoms with Gasteiger partial charge in [-0.2, -0.15) is 0 Å². The van der Waals surface area contributed by atoms with E-state index in [0.717, 1.165) is 0 Å². The van der Waals surface area contributed by atoms with Crippen LogP contribution in [-0.4, -0.2) is 19.8 Å². The monoisotopic (exact) mass is 228 g/mol. The van der Waals surface area contributed by atoms with Crippen LogP contribution in [0.15, 0.2) is 30.3 Å². The van der Waals surface area contributed by atoms with Gasteiger partial charge in [-0.15, -0.1) is 0 Å². The van der Waals surface area contributed by atoms with Crippen molar-refractivity contribution in [2.75, 3.05) is 0 Å². The second kappa shape index (κ2) is 3.25. The van der Waals surface area contributed by atoms with Crippen LogP contribution in [0.3, 0.4) is 0 Å². The molecule has 0 aliphatic carbocycles. The summed E-state index contributed by atoms with van der Waals surface area (Å²) in [6.07, 6.45) is 0. The molecule has 1 radical (unpaired) electrons. The molecule has 1 heteroatoms. The fourth-order valence-electron chi connectivity index (χ4n) is 0.771. The Morgan fingerprint density at radius 1 is 1.11 bits per heavy atom. The van der Waals surface area contributed by atoms with Gasteiger partial charge in [0.1, 0.15) is 0 Å². The van der Waals surface area contributed by atoms with Crippen LogP contribution in [0.1, 0.15) is 1.43 Å². The van der Waals surface area contributed by atoms with Crippen molar-refractivity contribution in [3.63, 3.8) is 0 Å². The summed E-state index contributed by atoms with van der Waals surface area (Å²) < 4.78 is 1.61. The third kappa shape index (κ3) is 2.01. The van der Waals surface area contributed by atoms with E-state index >= 15 is 0 Å². The van der Waals surface area contributed by atoms with Gasteiger partial charge >= 0.3 is 63.6 Å². The van der Waals surface area contributed by atoms with Crippen molar-refractivity contribution in [2.24, 2.45) is 0 Å². The summed E-state index contributed by atoms with van der Waals surface area (Å²) >= 11 is -1.02. The van der Waals surface area contributed by atoms with Gasteiger partial charge in [0.05, 0.1) is 0 Å². The number of hydrogen-bond acceptors (Lipinski definition) is 0. The Hall–Kier alpha value is 0.0187. The smallest absolute Gasteiger partial charge is 1.00 e. The maximum atomic E-state index is 2.40. The molecule has 0 nitrogen and oxygen atoms in total. The van der Waals surface area contributed by atoms with E-state index in [4.69, 9.17) is 0 Å². The molecule has 0 aromatic heterocycles. The van der Waals surface area contributed by atoms with E-state index in [2.05, 4.69) is 40.2 Å². The van der Waals surface area contributed by atoms with Crippen molar-refractivity contribution in [3.8, 4) is 0 Å². The molecule has 0 N–H and O–H groups in total. The van der Waals surface area contributed by atoms with Gasteiger partial charge in [0.25, 0.3) is 0 Å². The molecule has 49 valence electrons. The minimum Gasteiger partial charge on any atom is -1.00 e. The molecule has 1 aromatic carbocycles. The second-order valence-electron chi connectivity index (χ2n) is 2.37. The first-order valence-electron chi connectivity index (χ1n) is 3.16. The zero-order chi connectivity index (χ0) is 6.69. The SMILES string of the molecule is [CH3][Sn]([CH3])[c]1ccccc1.[H-]. The van der Waals surface area contributed by atoms with Crippen LogP contribution in [0.2, 0.25) is 9.88 Å². The van der Waals surface area contributed by atoms with Gasteiger partial charge in [-0.05, 0) is 0 Å². The van der Waals surface area contributed by atoms with E-state index in [9.17, 15) is 0 Å². The van der Waals surface area contributed by atoms with Crippen molar-refractivity contribution in [1.82, 2.24) is 0 Å². The summed E-state index contributed by atoms with van der Waals surface area (Å²) in [7, 11) is 0. The molecule has 0 aliphatic rings. The second-order valence-corrected chi connectivity index (χ2v) is 9.72. The predicted molar refractivity (Wildman–Crippen MR) is 44.7 cm³/mol. The van der Waals surface area contributed by atoms with Crippen LogP contribution in [0.25, 0.3) is 0 Å². The van der Waals surface area contributed by atoms with Gasteiger partial charge in [-0.1, -0.05) is 0 Å². The zero-order valence-electron chi connectivity index (χ0n) is 6.89. The Bertz CT molecular complexity index is 172. The van der Waals surface area contributed by atoms with E-state index in [0.29, 0.717) is 0 Å². The summed E-state index contributed by atoms with van der Waals surface area (Å²) in [5, 5.41) is 0. The summed E-state index contributed by atoms with van der Waals surface area (Å²) in [4.78, 5) is 4.80. The fraction of sp³-hybridized carbons (Fsp3) is 0.250. The summed E-state index contributed by atoms with van der Waals surface area (Å²) in [6.45, 7) is 0. The number of hydrogen-bond donors (Lipinski definition) is 0. The molecule has 0 spiro atoms. The predicted octanol–water partition coefficient (Wildman–Crippen LogP) is 1.76. The Kier molecular flexibility index (Phi) is 2.58. The minimum absolute atomic E-state index is 0. The molecule has 1 rings (SSSR count). The van der Waals surface area contributed by atoms with Gasteiger partial charge in [-0.3, -0.25) is 0 Å². The minimum atomic E-state index is -1.02. The summed E-state index contributed by atoms with van der Waals surface area (Å²) in [6, 6.07) is 10.8. The third-order valence-corrected chi connectivity index (χ3v) is 5.60. The topological polar surface area (TPSA) is 0 Å². The van der Waals surface area contributed by atoms with Gasteiger partial charge < -0.3 is 1.43 Å². The number of benzene rings is 1. The molecule has 0 saturated carbocycles. The fourth-order valence-corrected chi connectivity index (χ4v) is 3.22. The van der Waals surface area contributed by atoms with Crippen LogP contribution >= 0.6 is 0 Å². The van der Waals surface area contributed by atoms with Crippen molar-refractivity contribution >= 4 is 23.3 Å². The first kappa shape index (κ1) is 7.13. The van der Waals surface area contributed by atoms with Crippen molar-refractivity contribution in [3.05, 3.63) is 30.3 Å². The molecular weight excluding hydrogens is 215 g/mol. The van der Waals surface area contributed by atoms with Gasteiger partial charge in [0.15, 0.2) is 0 Å². The number of rotatable bonds is 1. The normalized spacial score (nSPS) is 10.1. The van der Waals surface area contributed by atoms with Gasteiger partial charge in [-0.25, -0.2) is 0 Å². The molecule has 0 heterocycles. The molecule has 0 unspecified atom stereocenters. The van der Waals surface area contributed by atoms with E-state index in [1.165, 1.54) is 0 Å². The Morgan fingerprint density at radius 2 is 1.67 bits per heavy atom. The standard InChI is InChI=1S/C6H5.2CH3.Sn.H/c1-2-4-6-5-3-1;;;;/h1-5H;2*1H3;;/q;;;;-1. The van der Waals surface area contributed by atoms with Crippen molar-refractivity contribution < 1.29 is 1.43 Å². The average molecular weight is 227 g/mol. The van der Waals surface area contributed by atoms with E-state index in [1.807, 2.05) is 0 Å². The Labute approximate surface area is 65.1 Å². The maximum Gasteiger partial charge on any atom is -1.00 e. The van der Waals surface area contributed by atoms with Crippen LogP contribution in [-0.2, 0) is 0 Å². The molecule has 0 aliphatic heterocycles. The Balaban J connectivity index is 0.000000810. The average Bonchev–Trinajstić information content (AvgIpc) is 1.90. The molecule has 0 saturated heterocycles. The van der Waals surface area contributed by atoms with E-state index < -0.39 is 19.8 Å². The maximum absolute atomic E-state index is 2.40. The molecule has 0 atom stereocenters.